The molecular weight excluding hydrogens is 420 g/mol. The van der Waals surface area contributed by atoms with Crippen molar-refractivity contribution in [2.45, 2.75) is 25.9 Å². The van der Waals surface area contributed by atoms with Crippen LogP contribution in [-0.2, 0) is 6.67 Å². The molecule has 2 aromatic carbocycles. The molecule has 0 unspecified atom stereocenters. The lowest BCUT2D eigenvalue weighted by atomic mass is 10.1. The van der Waals surface area contributed by atoms with Crippen molar-refractivity contribution in [3.63, 3.8) is 0 Å². The predicted octanol–water partition coefficient (Wildman–Crippen LogP) is 4.06. The lowest BCUT2D eigenvalue weighted by Crippen LogP contribution is -3.12. The molecule has 1 aliphatic rings. The summed E-state index contributed by atoms with van der Waals surface area (Å²) in [4.78, 5) is 13.9. The van der Waals surface area contributed by atoms with Crippen LogP contribution in [0.25, 0.3) is 10.9 Å². The normalized spacial score (nSPS) is 15.5. The number of aromatic nitrogens is 1. The zero-order chi connectivity index (χ0) is 19.5. The van der Waals surface area contributed by atoms with E-state index in [-0.39, 0.29) is 5.88 Å². The van der Waals surface area contributed by atoms with E-state index >= 15 is 0 Å². The van der Waals surface area contributed by atoms with Crippen molar-refractivity contribution >= 4 is 38.4 Å². The van der Waals surface area contributed by atoms with Gasteiger partial charge in [-0.2, -0.15) is 0 Å². The van der Waals surface area contributed by atoms with E-state index in [1.807, 2.05) is 34.9 Å². The molecule has 3 aromatic rings. The fraction of sp³-hybridized carbons (Fsp3) is 0.286. The van der Waals surface area contributed by atoms with Gasteiger partial charge in [0.15, 0.2) is 12.4 Å². The summed E-state index contributed by atoms with van der Waals surface area (Å²) >= 11 is 3.36. The largest absolute Gasteiger partial charge is 0.493 e. The number of azo groups is 1. The lowest BCUT2D eigenvalue weighted by molar-refractivity contribution is -0.927. The molecule has 0 atom stereocenters. The number of nitrogens with zero attached hydrogens (tertiary/aromatic N) is 3. The van der Waals surface area contributed by atoms with Crippen molar-refractivity contribution in [2.75, 3.05) is 13.1 Å². The summed E-state index contributed by atoms with van der Waals surface area (Å²) in [6, 6.07) is 14.8. The number of piperidine rings is 1. The Morgan fingerprint density at radius 3 is 2.57 bits per heavy atom. The molecule has 144 valence electrons. The van der Waals surface area contributed by atoms with Crippen molar-refractivity contribution in [3.8, 4) is 5.88 Å². The van der Waals surface area contributed by atoms with E-state index in [0.29, 0.717) is 22.4 Å². The standard InChI is InChI=1S/C21H21BrN4O2/c22-17-10-4-2-8-15(17)20(27)24-23-19-16-9-3-5-11-18(16)26(21(19)28)14-25-12-6-1-7-13-25/h2-5,8-11,28H,1,6-7,12-14H2/p+1. The lowest BCUT2D eigenvalue weighted by Gasteiger charge is -2.24. The number of benzene rings is 2. The van der Waals surface area contributed by atoms with Crippen molar-refractivity contribution in [1.29, 1.82) is 0 Å². The molecule has 2 N–H and O–H groups in total. The van der Waals surface area contributed by atoms with Crippen LogP contribution in [0.2, 0.25) is 0 Å². The first-order chi connectivity index (χ1) is 13.6. The molecule has 0 spiro atoms. The average Bonchev–Trinajstić information content (AvgIpc) is 2.99. The number of para-hydroxylation sites is 1. The first-order valence-corrected chi connectivity index (χ1v) is 10.3. The van der Waals surface area contributed by atoms with Gasteiger partial charge < -0.3 is 10.0 Å². The maximum absolute atomic E-state index is 12.4. The molecule has 1 fully saturated rings. The van der Waals surface area contributed by atoms with Gasteiger partial charge in [-0.15, -0.1) is 10.2 Å². The summed E-state index contributed by atoms with van der Waals surface area (Å²) in [5, 5.41) is 19.7. The van der Waals surface area contributed by atoms with Gasteiger partial charge in [0, 0.05) is 9.86 Å². The van der Waals surface area contributed by atoms with Crippen molar-refractivity contribution in [2.24, 2.45) is 10.2 Å². The van der Waals surface area contributed by atoms with Crippen LogP contribution in [0.1, 0.15) is 29.6 Å². The van der Waals surface area contributed by atoms with Crippen LogP contribution in [0.4, 0.5) is 5.69 Å². The van der Waals surface area contributed by atoms with Gasteiger partial charge in [0.05, 0.1) is 24.2 Å². The Hall–Kier alpha value is -2.51. The van der Waals surface area contributed by atoms with Crippen molar-refractivity contribution < 1.29 is 14.8 Å². The molecule has 28 heavy (non-hydrogen) atoms. The van der Waals surface area contributed by atoms with Crippen LogP contribution < -0.4 is 4.90 Å². The number of aromatic hydroxyl groups is 1. The first kappa shape index (κ1) is 18.8. The van der Waals surface area contributed by atoms with E-state index in [0.717, 1.165) is 24.0 Å². The van der Waals surface area contributed by atoms with E-state index in [9.17, 15) is 9.90 Å². The molecule has 0 saturated carbocycles. The number of hydrogen-bond acceptors (Lipinski definition) is 3. The Morgan fingerprint density at radius 2 is 1.79 bits per heavy atom. The van der Waals surface area contributed by atoms with Gasteiger partial charge in [0.1, 0.15) is 0 Å². The van der Waals surface area contributed by atoms with E-state index in [1.165, 1.54) is 24.2 Å². The number of likely N-dealkylation sites (tertiary alicyclic amines) is 1. The first-order valence-electron chi connectivity index (χ1n) is 9.49. The summed E-state index contributed by atoms with van der Waals surface area (Å²) in [5.74, 6) is -0.395. The number of carbonyl (C=O) groups is 1. The average molecular weight is 442 g/mol. The molecule has 1 saturated heterocycles. The minimum atomic E-state index is -0.453. The molecule has 0 aliphatic carbocycles. The maximum atomic E-state index is 12.4. The predicted molar refractivity (Wildman–Crippen MR) is 111 cm³/mol. The maximum Gasteiger partial charge on any atom is 0.296 e. The fourth-order valence-corrected chi connectivity index (χ4v) is 4.20. The van der Waals surface area contributed by atoms with Crippen LogP contribution >= 0.6 is 15.9 Å². The SMILES string of the molecule is O=C(N=Nc1c(O)n(C[NH+]2CCCCC2)c2ccccc12)c1ccccc1Br. The highest BCUT2D eigenvalue weighted by Crippen LogP contribution is 2.38. The minimum absolute atomic E-state index is 0.0583. The van der Waals surface area contributed by atoms with E-state index in [4.69, 9.17) is 0 Å². The van der Waals surface area contributed by atoms with Crippen LogP contribution in [-0.4, -0.2) is 28.7 Å². The zero-order valence-corrected chi connectivity index (χ0v) is 17.0. The number of fused-ring (bicyclic) bond motifs is 1. The molecular formula is C21H22BrN4O2+. The third kappa shape index (κ3) is 3.72. The van der Waals surface area contributed by atoms with Gasteiger partial charge >= 0.3 is 0 Å². The molecule has 2 heterocycles. The van der Waals surface area contributed by atoms with Crippen molar-refractivity contribution in [3.05, 3.63) is 58.6 Å². The number of amides is 1. The molecule has 1 aromatic heterocycles. The van der Waals surface area contributed by atoms with Gasteiger partial charge in [-0.25, -0.2) is 0 Å². The third-order valence-electron chi connectivity index (χ3n) is 5.20. The Labute approximate surface area is 171 Å². The Morgan fingerprint density at radius 1 is 1.07 bits per heavy atom. The number of hydrogen-bond donors (Lipinski definition) is 2. The highest BCUT2D eigenvalue weighted by molar-refractivity contribution is 9.10. The summed E-state index contributed by atoms with van der Waals surface area (Å²) in [6.45, 7) is 2.88. The highest BCUT2D eigenvalue weighted by Gasteiger charge is 2.21. The van der Waals surface area contributed by atoms with Gasteiger partial charge in [0.25, 0.3) is 5.91 Å². The van der Waals surface area contributed by atoms with Crippen LogP contribution in [0.3, 0.4) is 0 Å². The van der Waals surface area contributed by atoms with Crippen molar-refractivity contribution in [1.82, 2.24) is 4.57 Å². The Kier molecular flexibility index (Phi) is 5.54. The third-order valence-corrected chi connectivity index (χ3v) is 5.90. The Balaban J connectivity index is 1.68. The quantitative estimate of drug-likeness (QED) is 0.599. The molecule has 7 heteroatoms. The van der Waals surface area contributed by atoms with Crippen LogP contribution in [0.15, 0.2) is 63.2 Å². The molecule has 0 radical (unpaired) electrons. The number of quaternary nitrogens is 1. The minimum Gasteiger partial charge on any atom is -0.493 e. The second-order valence-corrected chi connectivity index (χ2v) is 7.93. The summed E-state index contributed by atoms with van der Waals surface area (Å²) < 4.78 is 2.55. The topological polar surface area (TPSA) is 71.4 Å². The smallest absolute Gasteiger partial charge is 0.296 e. The molecule has 6 nitrogen and oxygen atoms in total. The molecule has 4 rings (SSSR count). The second kappa shape index (κ2) is 8.24. The number of rotatable bonds is 4. The van der Waals surface area contributed by atoms with E-state index < -0.39 is 5.91 Å². The highest BCUT2D eigenvalue weighted by atomic mass is 79.9. The second-order valence-electron chi connectivity index (χ2n) is 7.07. The number of carbonyl (C=O) groups excluding carboxylic acids is 1. The monoisotopic (exact) mass is 441 g/mol. The summed E-state index contributed by atoms with van der Waals surface area (Å²) in [6.07, 6.45) is 3.70. The van der Waals surface area contributed by atoms with E-state index in [2.05, 4.69) is 26.2 Å². The number of nitrogens with one attached hydrogen (secondary N) is 1. The molecule has 1 aliphatic heterocycles. The molecule has 1 amide bonds. The number of halogens is 1. The fourth-order valence-electron chi connectivity index (χ4n) is 3.75. The summed E-state index contributed by atoms with van der Waals surface area (Å²) in [5.41, 5.74) is 1.68. The van der Waals surface area contributed by atoms with Gasteiger partial charge in [-0.3, -0.25) is 9.36 Å². The van der Waals surface area contributed by atoms with E-state index in [1.54, 1.807) is 18.2 Å². The van der Waals surface area contributed by atoms with Gasteiger partial charge in [0.2, 0.25) is 5.88 Å². The van der Waals surface area contributed by atoms with Crippen LogP contribution in [0.5, 0.6) is 5.88 Å². The summed E-state index contributed by atoms with van der Waals surface area (Å²) in [7, 11) is 0. The van der Waals surface area contributed by atoms with Gasteiger partial charge in [-0.1, -0.05) is 30.3 Å². The molecule has 0 bridgehead atoms. The van der Waals surface area contributed by atoms with Gasteiger partial charge in [-0.05, 0) is 53.4 Å². The zero-order valence-electron chi connectivity index (χ0n) is 15.4. The van der Waals surface area contributed by atoms with Crippen LogP contribution in [0, 0.1) is 0 Å². The Bertz CT molecular complexity index is 1040.